The molecule has 0 saturated heterocycles. The number of fused-ring (bicyclic) bond motifs is 1. The van der Waals surface area contributed by atoms with Crippen molar-refractivity contribution in [3.63, 3.8) is 0 Å². The van der Waals surface area contributed by atoms with Gasteiger partial charge < -0.3 is 10.5 Å². The fourth-order valence-electron chi connectivity index (χ4n) is 1.72. The Morgan fingerprint density at radius 2 is 2.35 bits per heavy atom. The highest BCUT2D eigenvalue weighted by atomic mass is 32.1. The molecule has 20 heavy (non-hydrogen) atoms. The fourth-order valence-corrected chi connectivity index (χ4v) is 2.61. The van der Waals surface area contributed by atoms with E-state index in [-0.39, 0.29) is 11.6 Å². The summed E-state index contributed by atoms with van der Waals surface area (Å²) in [5.41, 5.74) is 6.94. The molecule has 0 aliphatic rings. The lowest BCUT2D eigenvalue weighted by molar-refractivity contribution is 0.102. The summed E-state index contributed by atoms with van der Waals surface area (Å²) in [5, 5.41) is 9.43. The molecule has 7 nitrogen and oxygen atoms in total. The summed E-state index contributed by atoms with van der Waals surface area (Å²) in [6.45, 7) is 0. The van der Waals surface area contributed by atoms with E-state index in [1.807, 2.05) is 18.2 Å². The molecule has 102 valence electrons. The quantitative estimate of drug-likeness (QED) is 0.682. The summed E-state index contributed by atoms with van der Waals surface area (Å²) in [5.74, 6) is 0.378. The Labute approximate surface area is 117 Å². The molecule has 0 spiro atoms. The van der Waals surface area contributed by atoms with Crippen LogP contribution in [-0.2, 0) is 0 Å². The molecule has 0 radical (unpaired) electrons. The summed E-state index contributed by atoms with van der Waals surface area (Å²) in [6.07, 6.45) is 1.39. The Hall–Kier alpha value is -2.61. The van der Waals surface area contributed by atoms with E-state index in [9.17, 15) is 4.79 Å². The summed E-state index contributed by atoms with van der Waals surface area (Å²) < 4.78 is 6.08. The molecule has 1 amide bonds. The number of nitrogens with two attached hydrogens (primary N) is 1. The van der Waals surface area contributed by atoms with Crippen molar-refractivity contribution in [3.8, 4) is 5.75 Å². The van der Waals surface area contributed by atoms with Gasteiger partial charge in [0.15, 0.2) is 5.13 Å². The smallest absolute Gasteiger partial charge is 0.277 e. The van der Waals surface area contributed by atoms with Crippen LogP contribution in [0.25, 0.3) is 10.2 Å². The highest BCUT2D eigenvalue weighted by Crippen LogP contribution is 2.29. The summed E-state index contributed by atoms with van der Waals surface area (Å²) in [4.78, 5) is 16.3. The van der Waals surface area contributed by atoms with Gasteiger partial charge >= 0.3 is 0 Å². The minimum absolute atomic E-state index is 0.224. The average Bonchev–Trinajstić information content (AvgIpc) is 3.03. The molecule has 0 unspecified atom stereocenters. The molecule has 0 bridgehead atoms. The van der Waals surface area contributed by atoms with E-state index in [0.717, 1.165) is 16.0 Å². The average molecular weight is 289 g/mol. The number of anilines is 2. The van der Waals surface area contributed by atoms with Gasteiger partial charge in [-0.15, -0.1) is 0 Å². The number of rotatable bonds is 3. The molecular formula is C12H11N5O2S. The maximum Gasteiger partial charge on any atom is 0.277 e. The van der Waals surface area contributed by atoms with Crippen LogP contribution in [0.15, 0.2) is 24.4 Å². The normalized spacial score (nSPS) is 10.7. The Morgan fingerprint density at radius 1 is 1.50 bits per heavy atom. The summed E-state index contributed by atoms with van der Waals surface area (Å²) in [6, 6.07) is 5.53. The maximum absolute atomic E-state index is 12.0. The van der Waals surface area contributed by atoms with Crippen LogP contribution in [0.2, 0.25) is 0 Å². The second-order valence-electron chi connectivity index (χ2n) is 4.01. The van der Waals surface area contributed by atoms with Gasteiger partial charge in [-0.25, -0.2) is 4.98 Å². The molecular weight excluding hydrogens is 278 g/mol. The van der Waals surface area contributed by atoms with Gasteiger partial charge in [-0.2, -0.15) is 5.10 Å². The first kappa shape index (κ1) is 12.4. The second kappa shape index (κ2) is 4.82. The van der Waals surface area contributed by atoms with Gasteiger partial charge in [0.2, 0.25) is 0 Å². The number of ether oxygens (including phenoxy) is 1. The number of amides is 1. The number of H-pyrrole nitrogens is 1. The third kappa shape index (κ3) is 2.16. The topological polar surface area (TPSA) is 106 Å². The molecule has 0 aliphatic heterocycles. The lowest BCUT2D eigenvalue weighted by Crippen LogP contribution is -2.13. The predicted molar refractivity (Wildman–Crippen MR) is 77.1 cm³/mol. The highest BCUT2D eigenvalue weighted by molar-refractivity contribution is 7.22. The van der Waals surface area contributed by atoms with E-state index < -0.39 is 0 Å². The van der Waals surface area contributed by atoms with E-state index in [2.05, 4.69) is 20.5 Å². The van der Waals surface area contributed by atoms with Crippen LogP contribution >= 0.6 is 11.3 Å². The van der Waals surface area contributed by atoms with E-state index in [1.54, 1.807) is 7.11 Å². The van der Waals surface area contributed by atoms with Gasteiger partial charge in [-0.1, -0.05) is 11.3 Å². The van der Waals surface area contributed by atoms with Gasteiger partial charge in [0.05, 0.1) is 29.2 Å². The number of thiazole rings is 1. The third-order valence-corrected chi connectivity index (χ3v) is 3.65. The van der Waals surface area contributed by atoms with Crippen molar-refractivity contribution in [3.05, 3.63) is 30.1 Å². The number of nitrogens with zero attached hydrogens (tertiary/aromatic N) is 2. The lowest BCUT2D eigenvalue weighted by Gasteiger charge is -1.98. The van der Waals surface area contributed by atoms with Crippen molar-refractivity contribution in [1.29, 1.82) is 0 Å². The number of carbonyl (C=O) groups is 1. The predicted octanol–water partition coefficient (Wildman–Crippen LogP) is 1.86. The van der Waals surface area contributed by atoms with Crippen molar-refractivity contribution < 1.29 is 9.53 Å². The molecule has 1 aromatic carbocycles. The molecule has 8 heteroatoms. The molecule has 3 aromatic rings. The minimum atomic E-state index is -0.369. The number of methoxy groups -OCH3 is 1. The van der Waals surface area contributed by atoms with Crippen molar-refractivity contribution in [2.24, 2.45) is 0 Å². The maximum atomic E-state index is 12.0. The Morgan fingerprint density at radius 3 is 3.05 bits per heavy atom. The van der Waals surface area contributed by atoms with E-state index >= 15 is 0 Å². The molecule has 0 saturated carbocycles. The van der Waals surface area contributed by atoms with E-state index in [0.29, 0.717) is 10.8 Å². The summed E-state index contributed by atoms with van der Waals surface area (Å²) in [7, 11) is 1.60. The first-order chi connectivity index (χ1) is 9.67. The van der Waals surface area contributed by atoms with Gasteiger partial charge in [-0.05, 0) is 18.2 Å². The molecule has 0 fully saturated rings. The Balaban J connectivity index is 1.88. The fraction of sp³-hybridized carbons (Fsp3) is 0.0833. The van der Waals surface area contributed by atoms with Crippen molar-refractivity contribution >= 4 is 38.3 Å². The zero-order chi connectivity index (χ0) is 14.1. The van der Waals surface area contributed by atoms with Gasteiger partial charge in [-0.3, -0.25) is 15.2 Å². The van der Waals surface area contributed by atoms with Crippen LogP contribution in [0.4, 0.5) is 10.8 Å². The Kier molecular flexibility index (Phi) is 2.99. The van der Waals surface area contributed by atoms with Crippen molar-refractivity contribution in [2.75, 3.05) is 18.2 Å². The first-order valence-corrected chi connectivity index (χ1v) is 6.54. The van der Waals surface area contributed by atoms with Crippen LogP contribution in [-0.4, -0.2) is 28.2 Å². The largest absolute Gasteiger partial charge is 0.497 e. The zero-order valence-electron chi connectivity index (χ0n) is 10.5. The second-order valence-corrected chi connectivity index (χ2v) is 5.04. The number of nitrogen functional groups attached to an aromatic ring is 1. The van der Waals surface area contributed by atoms with Crippen LogP contribution in [0.5, 0.6) is 5.75 Å². The number of nitrogens with one attached hydrogen (secondary N) is 2. The third-order valence-electron chi connectivity index (χ3n) is 2.71. The highest BCUT2D eigenvalue weighted by Gasteiger charge is 2.14. The van der Waals surface area contributed by atoms with Gasteiger partial charge in [0.25, 0.3) is 5.91 Å². The molecule has 2 heterocycles. The first-order valence-electron chi connectivity index (χ1n) is 5.72. The number of aromatic nitrogens is 3. The number of hydrogen-bond donors (Lipinski definition) is 3. The molecule has 4 N–H and O–H groups in total. The standard InChI is InChI=1S/C12H11N5O2S/c1-19-6-2-3-8-9(4-6)20-12(15-8)16-11(18)10-7(13)5-14-17-10/h2-5H,13H2,1H3,(H,14,17)(H,15,16,18). The minimum Gasteiger partial charge on any atom is -0.497 e. The number of benzene rings is 1. The SMILES string of the molecule is COc1ccc2nc(NC(=O)c3[nH]ncc3N)sc2c1. The van der Waals surface area contributed by atoms with Crippen LogP contribution < -0.4 is 15.8 Å². The van der Waals surface area contributed by atoms with Crippen LogP contribution in [0.3, 0.4) is 0 Å². The van der Waals surface area contributed by atoms with Crippen LogP contribution in [0, 0.1) is 0 Å². The van der Waals surface area contributed by atoms with Crippen molar-refractivity contribution in [2.45, 2.75) is 0 Å². The molecule has 2 aromatic heterocycles. The molecule has 3 rings (SSSR count). The molecule has 0 atom stereocenters. The van der Waals surface area contributed by atoms with Crippen molar-refractivity contribution in [1.82, 2.24) is 15.2 Å². The van der Waals surface area contributed by atoms with E-state index in [4.69, 9.17) is 10.5 Å². The van der Waals surface area contributed by atoms with E-state index in [1.165, 1.54) is 17.5 Å². The number of aromatic amines is 1. The Bertz CT molecular complexity index is 779. The zero-order valence-corrected chi connectivity index (χ0v) is 11.3. The van der Waals surface area contributed by atoms with Crippen LogP contribution in [0.1, 0.15) is 10.5 Å². The van der Waals surface area contributed by atoms with Gasteiger partial charge in [0, 0.05) is 0 Å². The monoisotopic (exact) mass is 289 g/mol. The number of hydrogen-bond acceptors (Lipinski definition) is 6. The molecule has 0 aliphatic carbocycles. The number of carbonyl (C=O) groups excluding carboxylic acids is 1. The van der Waals surface area contributed by atoms with Gasteiger partial charge in [0.1, 0.15) is 11.4 Å². The summed E-state index contributed by atoms with van der Waals surface area (Å²) >= 11 is 1.36. The lowest BCUT2D eigenvalue weighted by atomic mass is 10.3.